The van der Waals surface area contributed by atoms with Crippen LogP contribution in [-0.4, -0.2) is 35.1 Å². The smallest absolute Gasteiger partial charge is 0.321 e. The summed E-state index contributed by atoms with van der Waals surface area (Å²) in [6.45, 7) is 2.35. The third-order valence-corrected chi connectivity index (χ3v) is 4.11. The van der Waals surface area contributed by atoms with Gasteiger partial charge in [-0.05, 0) is 24.5 Å². The predicted molar refractivity (Wildman–Crippen MR) is 81.9 cm³/mol. The van der Waals surface area contributed by atoms with Crippen molar-refractivity contribution in [3.8, 4) is 0 Å². The lowest BCUT2D eigenvalue weighted by Crippen LogP contribution is -2.47. The SMILES string of the molecule is CC1CC(C(=O)O)CN(C(=O)Nc2cc(C(F)F)ccc2Cl)C1. The highest BCUT2D eigenvalue weighted by molar-refractivity contribution is 6.33. The van der Waals surface area contributed by atoms with E-state index in [9.17, 15) is 18.4 Å². The van der Waals surface area contributed by atoms with Crippen LogP contribution in [0.15, 0.2) is 18.2 Å². The summed E-state index contributed by atoms with van der Waals surface area (Å²) in [4.78, 5) is 24.8. The number of halogens is 3. The molecule has 8 heteroatoms. The van der Waals surface area contributed by atoms with Gasteiger partial charge in [-0.2, -0.15) is 0 Å². The monoisotopic (exact) mass is 346 g/mol. The van der Waals surface area contributed by atoms with E-state index in [0.717, 1.165) is 6.07 Å². The van der Waals surface area contributed by atoms with E-state index >= 15 is 0 Å². The first-order chi connectivity index (χ1) is 10.8. The van der Waals surface area contributed by atoms with E-state index in [1.165, 1.54) is 17.0 Å². The summed E-state index contributed by atoms with van der Waals surface area (Å²) in [5.41, 5.74) is -0.167. The molecule has 2 N–H and O–H groups in total. The zero-order valence-electron chi connectivity index (χ0n) is 12.4. The van der Waals surface area contributed by atoms with E-state index in [1.807, 2.05) is 6.92 Å². The maximum atomic E-state index is 12.7. The molecule has 2 amide bonds. The normalized spacial score (nSPS) is 21.3. The van der Waals surface area contributed by atoms with Crippen molar-refractivity contribution in [3.05, 3.63) is 28.8 Å². The number of urea groups is 1. The minimum Gasteiger partial charge on any atom is -0.481 e. The fraction of sp³-hybridized carbons (Fsp3) is 0.467. The highest BCUT2D eigenvalue weighted by Gasteiger charge is 2.32. The second-order valence-corrected chi connectivity index (χ2v) is 6.16. The van der Waals surface area contributed by atoms with E-state index in [4.69, 9.17) is 16.7 Å². The van der Waals surface area contributed by atoms with Gasteiger partial charge < -0.3 is 15.3 Å². The zero-order chi connectivity index (χ0) is 17.1. The number of carboxylic acids is 1. The maximum Gasteiger partial charge on any atom is 0.321 e. The number of amides is 2. The molecule has 126 valence electrons. The molecule has 1 aromatic rings. The largest absolute Gasteiger partial charge is 0.481 e. The van der Waals surface area contributed by atoms with Crippen LogP contribution in [0.3, 0.4) is 0 Å². The predicted octanol–water partition coefficient (Wildman–Crippen LogP) is 3.85. The Balaban J connectivity index is 2.12. The van der Waals surface area contributed by atoms with E-state index in [0.29, 0.717) is 13.0 Å². The number of likely N-dealkylation sites (tertiary alicyclic amines) is 1. The van der Waals surface area contributed by atoms with Crippen molar-refractivity contribution in [1.29, 1.82) is 0 Å². The van der Waals surface area contributed by atoms with E-state index in [1.54, 1.807) is 0 Å². The molecule has 0 saturated carbocycles. The van der Waals surface area contributed by atoms with Crippen LogP contribution in [0.4, 0.5) is 19.3 Å². The molecule has 1 aliphatic rings. The maximum absolute atomic E-state index is 12.7. The minimum atomic E-state index is -2.67. The molecule has 0 aromatic heterocycles. The number of nitrogens with zero attached hydrogens (tertiary/aromatic N) is 1. The summed E-state index contributed by atoms with van der Waals surface area (Å²) in [6, 6.07) is 3.05. The van der Waals surface area contributed by atoms with Crippen LogP contribution in [0.2, 0.25) is 5.02 Å². The zero-order valence-corrected chi connectivity index (χ0v) is 13.2. The quantitative estimate of drug-likeness (QED) is 0.873. The number of hydrogen-bond donors (Lipinski definition) is 2. The van der Waals surface area contributed by atoms with Crippen LogP contribution in [0.5, 0.6) is 0 Å². The van der Waals surface area contributed by atoms with Crippen LogP contribution >= 0.6 is 11.6 Å². The van der Waals surface area contributed by atoms with Crippen molar-refractivity contribution in [2.45, 2.75) is 19.8 Å². The van der Waals surface area contributed by atoms with Crippen LogP contribution in [-0.2, 0) is 4.79 Å². The average Bonchev–Trinajstić information content (AvgIpc) is 2.48. The van der Waals surface area contributed by atoms with Gasteiger partial charge in [0.05, 0.1) is 16.6 Å². The number of carbonyl (C=O) groups excluding carboxylic acids is 1. The minimum absolute atomic E-state index is 0.0403. The third kappa shape index (κ3) is 4.31. The molecule has 1 aliphatic heterocycles. The number of carbonyl (C=O) groups is 2. The second kappa shape index (κ2) is 7.12. The number of piperidine rings is 1. The van der Waals surface area contributed by atoms with E-state index in [2.05, 4.69) is 5.32 Å². The van der Waals surface area contributed by atoms with Crippen LogP contribution < -0.4 is 5.32 Å². The van der Waals surface area contributed by atoms with Crippen molar-refractivity contribution >= 4 is 29.3 Å². The number of rotatable bonds is 3. The summed E-state index contributed by atoms with van der Waals surface area (Å²) in [5, 5.41) is 11.7. The number of hydrogen-bond acceptors (Lipinski definition) is 2. The van der Waals surface area contributed by atoms with Gasteiger partial charge in [0.2, 0.25) is 0 Å². The fourth-order valence-electron chi connectivity index (χ4n) is 2.66. The van der Waals surface area contributed by atoms with Crippen molar-refractivity contribution in [2.75, 3.05) is 18.4 Å². The molecular formula is C15H17ClF2N2O3. The average molecular weight is 347 g/mol. The molecule has 23 heavy (non-hydrogen) atoms. The number of alkyl halides is 2. The Morgan fingerprint density at radius 2 is 2.09 bits per heavy atom. The van der Waals surface area contributed by atoms with Gasteiger partial charge in [-0.1, -0.05) is 24.6 Å². The fourth-order valence-corrected chi connectivity index (χ4v) is 2.83. The first-order valence-electron chi connectivity index (χ1n) is 7.14. The molecule has 2 rings (SSSR count). The molecule has 0 bridgehead atoms. The molecule has 2 unspecified atom stereocenters. The van der Waals surface area contributed by atoms with Crippen molar-refractivity contribution in [1.82, 2.24) is 4.90 Å². The standard InChI is InChI=1S/C15H17ClF2N2O3/c1-8-4-10(14(21)22)7-20(6-8)15(23)19-12-5-9(13(17)18)2-3-11(12)16/h2-3,5,8,10,13H,4,6-7H2,1H3,(H,19,23)(H,21,22). The Hall–Kier alpha value is -1.89. The first-order valence-corrected chi connectivity index (χ1v) is 7.52. The van der Waals surface area contributed by atoms with Crippen molar-refractivity contribution < 1.29 is 23.5 Å². The van der Waals surface area contributed by atoms with Gasteiger partial charge in [-0.3, -0.25) is 4.79 Å². The number of aliphatic carboxylic acids is 1. The van der Waals surface area contributed by atoms with Crippen LogP contribution in [0.1, 0.15) is 25.3 Å². The van der Waals surface area contributed by atoms with Gasteiger partial charge in [0.1, 0.15) is 0 Å². The van der Waals surface area contributed by atoms with Gasteiger partial charge in [0.25, 0.3) is 6.43 Å². The van der Waals surface area contributed by atoms with Crippen molar-refractivity contribution in [3.63, 3.8) is 0 Å². The lowest BCUT2D eigenvalue weighted by Gasteiger charge is -2.34. The Bertz CT molecular complexity index is 612. The molecule has 5 nitrogen and oxygen atoms in total. The highest BCUT2D eigenvalue weighted by atomic mass is 35.5. The van der Waals surface area contributed by atoms with Crippen LogP contribution in [0, 0.1) is 11.8 Å². The van der Waals surface area contributed by atoms with E-state index in [-0.39, 0.29) is 28.7 Å². The molecule has 0 aliphatic carbocycles. The van der Waals surface area contributed by atoms with Gasteiger partial charge in [0, 0.05) is 18.7 Å². The van der Waals surface area contributed by atoms with Gasteiger partial charge in [0.15, 0.2) is 0 Å². The molecule has 1 heterocycles. The van der Waals surface area contributed by atoms with Gasteiger partial charge in [-0.25, -0.2) is 13.6 Å². The Morgan fingerprint density at radius 3 is 2.70 bits per heavy atom. The Labute approximate surface area is 137 Å². The first kappa shape index (κ1) is 17.5. The number of benzene rings is 1. The lowest BCUT2D eigenvalue weighted by atomic mass is 9.91. The molecule has 1 saturated heterocycles. The summed E-state index contributed by atoms with van der Waals surface area (Å²) < 4.78 is 25.5. The number of nitrogens with one attached hydrogen (secondary N) is 1. The molecule has 1 aromatic carbocycles. The summed E-state index contributed by atoms with van der Waals surface area (Å²) >= 11 is 5.92. The van der Waals surface area contributed by atoms with Gasteiger partial charge in [-0.15, -0.1) is 0 Å². The topological polar surface area (TPSA) is 69.6 Å². The Kier molecular flexibility index (Phi) is 5.41. The molecule has 0 spiro atoms. The second-order valence-electron chi connectivity index (χ2n) is 5.75. The lowest BCUT2D eigenvalue weighted by molar-refractivity contribution is -0.143. The van der Waals surface area contributed by atoms with E-state index < -0.39 is 24.3 Å². The number of carboxylic acid groups (broad SMARTS) is 1. The summed E-state index contributed by atoms with van der Waals surface area (Å²) in [5.74, 6) is -1.54. The highest BCUT2D eigenvalue weighted by Crippen LogP contribution is 2.29. The molecular weight excluding hydrogens is 330 g/mol. The molecule has 1 fully saturated rings. The van der Waals surface area contributed by atoms with Crippen molar-refractivity contribution in [2.24, 2.45) is 11.8 Å². The van der Waals surface area contributed by atoms with Gasteiger partial charge >= 0.3 is 12.0 Å². The summed E-state index contributed by atoms with van der Waals surface area (Å²) in [6.07, 6.45) is -2.17. The molecule has 2 atom stereocenters. The summed E-state index contributed by atoms with van der Waals surface area (Å²) in [7, 11) is 0. The molecule has 0 radical (unpaired) electrons. The number of anilines is 1. The van der Waals surface area contributed by atoms with Crippen LogP contribution in [0.25, 0.3) is 0 Å². The Morgan fingerprint density at radius 1 is 1.39 bits per heavy atom. The third-order valence-electron chi connectivity index (χ3n) is 3.78.